The summed E-state index contributed by atoms with van der Waals surface area (Å²) in [7, 11) is 0. The van der Waals surface area contributed by atoms with Crippen LogP contribution in [0.3, 0.4) is 0 Å². The lowest BCUT2D eigenvalue weighted by molar-refractivity contribution is -0.151. The molecule has 8 heteroatoms. The van der Waals surface area contributed by atoms with E-state index < -0.39 is 30.1 Å². The first-order valence-corrected chi connectivity index (χ1v) is 10.6. The predicted molar refractivity (Wildman–Crippen MR) is 111 cm³/mol. The molecule has 1 aliphatic carbocycles. The third kappa shape index (κ3) is 6.18. The maximum atomic E-state index is 12.2. The molecule has 0 spiro atoms. The number of fused-ring (bicyclic) bond motifs is 1. The van der Waals surface area contributed by atoms with Gasteiger partial charge < -0.3 is 18.9 Å². The summed E-state index contributed by atoms with van der Waals surface area (Å²) >= 11 is 0. The van der Waals surface area contributed by atoms with Crippen LogP contribution in [0.2, 0.25) is 0 Å². The highest BCUT2D eigenvalue weighted by Gasteiger charge is 2.50. The number of hydrogen-bond acceptors (Lipinski definition) is 8. The molecule has 0 aromatic heterocycles. The lowest BCUT2D eigenvalue weighted by atomic mass is 9.73. The van der Waals surface area contributed by atoms with E-state index in [1.54, 1.807) is 13.8 Å². The van der Waals surface area contributed by atoms with Crippen LogP contribution in [0.5, 0.6) is 0 Å². The first-order valence-electron chi connectivity index (χ1n) is 10.6. The van der Waals surface area contributed by atoms with Crippen molar-refractivity contribution in [2.45, 2.75) is 66.1 Å². The van der Waals surface area contributed by atoms with Crippen molar-refractivity contribution in [1.82, 2.24) is 0 Å². The van der Waals surface area contributed by atoms with Crippen LogP contribution in [0, 0.1) is 17.8 Å². The molecule has 0 saturated carbocycles. The summed E-state index contributed by atoms with van der Waals surface area (Å²) < 4.78 is 21.6. The third-order valence-corrected chi connectivity index (χ3v) is 5.58. The fraction of sp³-hybridized carbons (Fsp3) is 0.652. The molecule has 0 amide bonds. The molecular formula is C23H32O8. The molecule has 1 heterocycles. The lowest BCUT2D eigenvalue weighted by Crippen LogP contribution is -2.41. The molecule has 0 radical (unpaired) electrons. The van der Waals surface area contributed by atoms with Gasteiger partial charge in [0, 0.05) is 25.8 Å². The second-order valence-electron chi connectivity index (χ2n) is 8.43. The van der Waals surface area contributed by atoms with Gasteiger partial charge in [0.25, 0.3) is 0 Å². The van der Waals surface area contributed by atoms with Crippen molar-refractivity contribution in [3.8, 4) is 0 Å². The van der Waals surface area contributed by atoms with E-state index in [2.05, 4.69) is 6.58 Å². The van der Waals surface area contributed by atoms with Crippen molar-refractivity contribution in [3.05, 3.63) is 23.3 Å². The van der Waals surface area contributed by atoms with Crippen LogP contribution in [0.4, 0.5) is 0 Å². The van der Waals surface area contributed by atoms with E-state index in [4.69, 9.17) is 18.9 Å². The van der Waals surface area contributed by atoms with Gasteiger partial charge >= 0.3 is 23.9 Å². The Bertz CT molecular complexity index is 778. The Morgan fingerprint density at radius 2 is 1.81 bits per heavy atom. The molecule has 31 heavy (non-hydrogen) atoms. The maximum absolute atomic E-state index is 12.2. The molecule has 2 rings (SSSR count). The molecule has 1 fully saturated rings. The highest BCUT2D eigenvalue weighted by molar-refractivity contribution is 5.91. The summed E-state index contributed by atoms with van der Waals surface area (Å²) in [5.74, 6) is -2.51. The van der Waals surface area contributed by atoms with Crippen LogP contribution in [-0.4, -0.2) is 49.3 Å². The second-order valence-corrected chi connectivity index (χ2v) is 8.43. The van der Waals surface area contributed by atoms with Gasteiger partial charge in [-0.25, -0.2) is 4.79 Å². The van der Waals surface area contributed by atoms with Crippen LogP contribution in [0.1, 0.15) is 53.9 Å². The number of esters is 4. The van der Waals surface area contributed by atoms with E-state index >= 15 is 0 Å². The topological polar surface area (TPSA) is 105 Å². The van der Waals surface area contributed by atoms with E-state index in [-0.39, 0.29) is 42.6 Å². The first kappa shape index (κ1) is 24.6. The monoisotopic (exact) mass is 436 g/mol. The van der Waals surface area contributed by atoms with Gasteiger partial charge in [-0.15, -0.1) is 0 Å². The molecule has 1 saturated heterocycles. The number of hydrogen-bond donors (Lipinski definition) is 0. The maximum Gasteiger partial charge on any atom is 0.334 e. The number of rotatable bonds is 9. The van der Waals surface area contributed by atoms with Crippen molar-refractivity contribution in [3.63, 3.8) is 0 Å². The normalized spacial score (nSPS) is 23.9. The van der Waals surface area contributed by atoms with Crippen molar-refractivity contribution in [1.29, 1.82) is 0 Å². The SMILES string of the molecule is C=C1C(=O)OC2CC(COC(=O)C(C)C)=C(C(C)CCCOC(C)=O)[C@@H](OC(C)=O)C12. The molecule has 0 N–H and O–H groups in total. The minimum Gasteiger partial charge on any atom is -0.466 e. The Morgan fingerprint density at radius 1 is 1.13 bits per heavy atom. The molecule has 2 aliphatic rings. The van der Waals surface area contributed by atoms with E-state index in [0.29, 0.717) is 19.3 Å². The Hall–Kier alpha value is -2.64. The van der Waals surface area contributed by atoms with Gasteiger partial charge in [-0.3, -0.25) is 14.4 Å². The van der Waals surface area contributed by atoms with Crippen LogP contribution >= 0.6 is 0 Å². The minimum atomic E-state index is -0.730. The summed E-state index contributed by atoms with van der Waals surface area (Å²) in [6.45, 7) is 12.3. The van der Waals surface area contributed by atoms with Gasteiger partial charge in [-0.2, -0.15) is 0 Å². The number of carbonyl (C=O) groups is 4. The smallest absolute Gasteiger partial charge is 0.334 e. The van der Waals surface area contributed by atoms with Gasteiger partial charge in [0.15, 0.2) is 0 Å². The van der Waals surface area contributed by atoms with Crippen molar-refractivity contribution < 1.29 is 38.1 Å². The van der Waals surface area contributed by atoms with Crippen LogP contribution in [-0.2, 0) is 38.1 Å². The van der Waals surface area contributed by atoms with Crippen molar-refractivity contribution in [2.75, 3.05) is 13.2 Å². The van der Waals surface area contributed by atoms with Gasteiger partial charge in [0.1, 0.15) is 18.8 Å². The van der Waals surface area contributed by atoms with Crippen LogP contribution in [0.15, 0.2) is 23.3 Å². The highest BCUT2D eigenvalue weighted by atomic mass is 16.6. The van der Waals surface area contributed by atoms with E-state index in [9.17, 15) is 19.2 Å². The fourth-order valence-corrected chi connectivity index (χ4v) is 4.12. The second kappa shape index (κ2) is 10.6. The van der Waals surface area contributed by atoms with E-state index in [1.165, 1.54) is 13.8 Å². The largest absolute Gasteiger partial charge is 0.466 e. The standard InChI is InChI=1S/C23H32O8/c1-12(2)22(26)29-11-17-10-18-20(14(4)23(27)31-18)21(30-16(6)25)19(17)13(3)8-7-9-28-15(5)24/h12-13,18,20-21H,4,7-11H2,1-3,5-6H3/t13?,18?,20?,21-/m1/s1. The fourth-order valence-electron chi connectivity index (χ4n) is 4.12. The molecule has 4 atom stereocenters. The van der Waals surface area contributed by atoms with E-state index in [0.717, 1.165) is 11.1 Å². The Balaban J connectivity index is 2.35. The zero-order valence-corrected chi connectivity index (χ0v) is 18.9. The summed E-state index contributed by atoms with van der Waals surface area (Å²) in [6.07, 6.45) is 0.393. The third-order valence-electron chi connectivity index (χ3n) is 5.58. The van der Waals surface area contributed by atoms with Crippen LogP contribution < -0.4 is 0 Å². The van der Waals surface area contributed by atoms with Gasteiger partial charge in [0.2, 0.25) is 0 Å². The molecule has 172 valence electrons. The van der Waals surface area contributed by atoms with Crippen molar-refractivity contribution in [2.24, 2.45) is 17.8 Å². The molecule has 0 bridgehead atoms. The predicted octanol–water partition coefficient (Wildman–Crippen LogP) is 2.89. The molecule has 3 unspecified atom stereocenters. The highest BCUT2D eigenvalue weighted by Crippen LogP contribution is 2.45. The van der Waals surface area contributed by atoms with Gasteiger partial charge in [-0.1, -0.05) is 27.4 Å². The summed E-state index contributed by atoms with van der Waals surface area (Å²) in [5.41, 5.74) is 1.87. The molecular weight excluding hydrogens is 404 g/mol. The lowest BCUT2D eigenvalue weighted by Gasteiger charge is -2.38. The van der Waals surface area contributed by atoms with Crippen molar-refractivity contribution >= 4 is 23.9 Å². The Kier molecular flexibility index (Phi) is 8.42. The number of ether oxygens (including phenoxy) is 4. The quantitative estimate of drug-likeness (QED) is 0.179. The summed E-state index contributed by atoms with van der Waals surface area (Å²) in [5, 5.41) is 0. The number of carbonyl (C=O) groups excluding carboxylic acids is 4. The zero-order valence-electron chi connectivity index (χ0n) is 18.9. The first-order chi connectivity index (χ1) is 14.5. The average molecular weight is 437 g/mol. The minimum absolute atomic E-state index is 0.0334. The summed E-state index contributed by atoms with van der Waals surface area (Å²) in [6, 6.07) is 0. The Labute approximate surface area is 182 Å². The molecule has 0 aromatic rings. The zero-order chi connectivity index (χ0) is 23.3. The molecule has 0 aromatic carbocycles. The van der Waals surface area contributed by atoms with Gasteiger partial charge in [-0.05, 0) is 29.9 Å². The molecule has 8 nitrogen and oxygen atoms in total. The van der Waals surface area contributed by atoms with Crippen LogP contribution in [0.25, 0.3) is 0 Å². The summed E-state index contributed by atoms with van der Waals surface area (Å²) in [4.78, 5) is 47.1. The Morgan fingerprint density at radius 3 is 2.39 bits per heavy atom. The van der Waals surface area contributed by atoms with Gasteiger partial charge in [0.05, 0.1) is 18.4 Å². The molecule has 1 aliphatic heterocycles. The van der Waals surface area contributed by atoms with E-state index in [1.807, 2.05) is 6.92 Å². The average Bonchev–Trinajstić information content (AvgIpc) is 2.96.